The number of amides is 1. The Morgan fingerprint density at radius 2 is 2.17 bits per heavy atom. The number of rotatable bonds is 4. The Morgan fingerprint density at radius 1 is 1.38 bits per heavy atom. The monoisotopic (exact) mass is 329 g/mol. The van der Waals surface area contributed by atoms with Crippen molar-refractivity contribution in [2.45, 2.75) is 33.1 Å². The second-order valence-electron chi connectivity index (χ2n) is 6.26. The number of hydrogen-bond acceptors (Lipinski definition) is 6. The van der Waals surface area contributed by atoms with E-state index < -0.39 is 0 Å². The van der Waals surface area contributed by atoms with E-state index in [9.17, 15) is 4.79 Å². The van der Waals surface area contributed by atoms with Crippen LogP contribution in [0.5, 0.6) is 0 Å². The zero-order valence-corrected chi connectivity index (χ0v) is 14.4. The predicted octanol–water partition coefficient (Wildman–Crippen LogP) is 2.22. The molecule has 1 aliphatic rings. The SMILES string of the molecule is CNc1nccnc1C[C@H]1CCCN(C(=O)c2c(C)noc2C)C1. The standard InChI is InChI=1S/C17H23N5O2/c1-11-15(12(2)24-21-11)17(23)22-8-4-5-13(10-22)9-14-16(18-3)20-7-6-19-14/h6-7,13H,4-5,8-10H2,1-3H3,(H,18,20)/t13-/m1/s1. The number of anilines is 1. The normalized spacial score (nSPS) is 17.8. The van der Waals surface area contributed by atoms with E-state index in [2.05, 4.69) is 20.4 Å². The van der Waals surface area contributed by atoms with Crippen LogP contribution in [0.3, 0.4) is 0 Å². The highest BCUT2D eigenvalue weighted by atomic mass is 16.5. The molecule has 0 aliphatic carbocycles. The van der Waals surface area contributed by atoms with Gasteiger partial charge in [0, 0.05) is 32.5 Å². The first-order valence-electron chi connectivity index (χ1n) is 8.30. The molecule has 1 fully saturated rings. The molecule has 7 nitrogen and oxygen atoms in total. The highest BCUT2D eigenvalue weighted by molar-refractivity contribution is 5.96. The van der Waals surface area contributed by atoms with Crippen LogP contribution in [0.15, 0.2) is 16.9 Å². The average molecular weight is 329 g/mol. The fourth-order valence-corrected chi connectivity index (χ4v) is 3.36. The van der Waals surface area contributed by atoms with E-state index in [1.165, 1.54) is 0 Å². The van der Waals surface area contributed by atoms with E-state index in [1.54, 1.807) is 19.3 Å². The summed E-state index contributed by atoms with van der Waals surface area (Å²) in [5, 5.41) is 6.97. The molecule has 2 aromatic rings. The topological polar surface area (TPSA) is 84.2 Å². The molecule has 1 aliphatic heterocycles. The van der Waals surface area contributed by atoms with Gasteiger partial charge in [-0.05, 0) is 39.0 Å². The Kier molecular flexibility index (Phi) is 4.78. The molecule has 1 amide bonds. The molecule has 3 heterocycles. The number of aryl methyl sites for hydroxylation is 2. The average Bonchev–Trinajstić information content (AvgIpc) is 2.93. The number of carbonyl (C=O) groups excluding carboxylic acids is 1. The first-order valence-corrected chi connectivity index (χ1v) is 8.30. The van der Waals surface area contributed by atoms with Crippen molar-refractivity contribution in [3.8, 4) is 0 Å². The number of hydrogen-bond donors (Lipinski definition) is 1. The van der Waals surface area contributed by atoms with E-state index in [1.807, 2.05) is 18.9 Å². The number of carbonyl (C=O) groups is 1. The lowest BCUT2D eigenvalue weighted by Crippen LogP contribution is -2.41. The van der Waals surface area contributed by atoms with Gasteiger partial charge in [0.2, 0.25) is 0 Å². The van der Waals surface area contributed by atoms with Crippen molar-refractivity contribution in [3.63, 3.8) is 0 Å². The van der Waals surface area contributed by atoms with Crippen molar-refractivity contribution in [1.82, 2.24) is 20.0 Å². The smallest absolute Gasteiger partial charge is 0.259 e. The zero-order chi connectivity index (χ0) is 17.1. The summed E-state index contributed by atoms with van der Waals surface area (Å²) in [6.07, 6.45) is 6.30. The summed E-state index contributed by atoms with van der Waals surface area (Å²) in [7, 11) is 1.85. The molecule has 0 bridgehead atoms. The summed E-state index contributed by atoms with van der Waals surface area (Å²) in [4.78, 5) is 23.5. The van der Waals surface area contributed by atoms with Gasteiger partial charge in [-0.1, -0.05) is 5.16 Å². The third-order valence-electron chi connectivity index (χ3n) is 4.55. The highest BCUT2D eigenvalue weighted by Crippen LogP contribution is 2.25. The second-order valence-corrected chi connectivity index (χ2v) is 6.26. The maximum Gasteiger partial charge on any atom is 0.259 e. The molecule has 0 radical (unpaired) electrons. The summed E-state index contributed by atoms with van der Waals surface area (Å²) < 4.78 is 5.14. The van der Waals surface area contributed by atoms with Gasteiger partial charge in [0.15, 0.2) is 0 Å². The Balaban J connectivity index is 1.71. The number of nitrogens with zero attached hydrogens (tertiary/aromatic N) is 4. The van der Waals surface area contributed by atoms with Gasteiger partial charge in [0.25, 0.3) is 5.91 Å². The van der Waals surface area contributed by atoms with Gasteiger partial charge in [0.05, 0.1) is 11.4 Å². The van der Waals surface area contributed by atoms with E-state index >= 15 is 0 Å². The maximum atomic E-state index is 12.8. The molecule has 2 aromatic heterocycles. The third kappa shape index (κ3) is 3.25. The summed E-state index contributed by atoms with van der Waals surface area (Å²) in [6, 6.07) is 0. The lowest BCUT2D eigenvalue weighted by molar-refractivity contribution is 0.0670. The molecular weight excluding hydrogens is 306 g/mol. The molecule has 1 saturated heterocycles. The minimum Gasteiger partial charge on any atom is -0.372 e. The van der Waals surface area contributed by atoms with Gasteiger partial charge in [-0.3, -0.25) is 9.78 Å². The molecule has 7 heteroatoms. The first-order chi connectivity index (χ1) is 11.6. The molecule has 0 saturated carbocycles. The van der Waals surface area contributed by atoms with Crippen LogP contribution >= 0.6 is 0 Å². The van der Waals surface area contributed by atoms with Crippen molar-refractivity contribution in [3.05, 3.63) is 35.1 Å². The third-order valence-corrected chi connectivity index (χ3v) is 4.55. The Bertz CT molecular complexity index is 708. The lowest BCUT2D eigenvalue weighted by atomic mass is 9.92. The number of aromatic nitrogens is 3. The fourth-order valence-electron chi connectivity index (χ4n) is 3.36. The van der Waals surface area contributed by atoms with Crippen LogP contribution in [0.2, 0.25) is 0 Å². The highest BCUT2D eigenvalue weighted by Gasteiger charge is 2.28. The second kappa shape index (κ2) is 6.98. The molecule has 0 spiro atoms. The van der Waals surface area contributed by atoms with Crippen molar-refractivity contribution in [2.24, 2.45) is 5.92 Å². The zero-order valence-electron chi connectivity index (χ0n) is 14.4. The molecular formula is C17H23N5O2. The van der Waals surface area contributed by atoms with Gasteiger partial charge in [-0.2, -0.15) is 0 Å². The first kappa shape index (κ1) is 16.4. The molecule has 0 aromatic carbocycles. The Morgan fingerprint density at radius 3 is 2.88 bits per heavy atom. The minimum atomic E-state index is 0.0175. The quantitative estimate of drug-likeness (QED) is 0.926. The Labute approximate surface area is 141 Å². The number of piperidine rings is 1. The van der Waals surface area contributed by atoms with Gasteiger partial charge in [-0.15, -0.1) is 0 Å². The van der Waals surface area contributed by atoms with E-state index in [0.717, 1.165) is 43.9 Å². The number of likely N-dealkylation sites (tertiary alicyclic amines) is 1. The summed E-state index contributed by atoms with van der Waals surface area (Å²) in [5.41, 5.74) is 2.22. The van der Waals surface area contributed by atoms with Crippen LogP contribution in [0.1, 0.15) is 40.3 Å². The lowest BCUT2D eigenvalue weighted by Gasteiger charge is -2.32. The van der Waals surface area contributed by atoms with Gasteiger partial charge in [-0.25, -0.2) is 4.98 Å². The fraction of sp³-hybridized carbons (Fsp3) is 0.529. The maximum absolute atomic E-state index is 12.8. The van der Waals surface area contributed by atoms with Crippen LogP contribution in [0, 0.1) is 19.8 Å². The molecule has 1 N–H and O–H groups in total. The number of nitrogens with one attached hydrogen (secondary N) is 1. The predicted molar refractivity (Wildman–Crippen MR) is 89.9 cm³/mol. The summed E-state index contributed by atoms with van der Waals surface area (Å²) >= 11 is 0. The van der Waals surface area contributed by atoms with Crippen LogP contribution in [-0.4, -0.2) is 46.1 Å². The molecule has 3 rings (SSSR count). The van der Waals surface area contributed by atoms with E-state index in [-0.39, 0.29) is 5.91 Å². The van der Waals surface area contributed by atoms with Crippen LogP contribution in [0.4, 0.5) is 5.82 Å². The summed E-state index contributed by atoms with van der Waals surface area (Å²) in [6.45, 7) is 5.10. The molecule has 1 atom stereocenters. The van der Waals surface area contributed by atoms with Gasteiger partial charge < -0.3 is 14.7 Å². The van der Waals surface area contributed by atoms with E-state index in [0.29, 0.717) is 22.9 Å². The van der Waals surface area contributed by atoms with Crippen LogP contribution in [0.25, 0.3) is 0 Å². The van der Waals surface area contributed by atoms with Gasteiger partial charge in [0.1, 0.15) is 17.1 Å². The summed E-state index contributed by atoms with van der Waals surface area (Å²) in [5.74, 6) is 1.80. The van der Waals surface area contributed by atoms with Crippen LogP contribution < -0.4 is 5.32 Å². The van der Waals surface area contributed by atoms with Crippen molar-refractivity contribution < 1.29 is 9.32 Å². The molecule has 24 heavy (non-hydrogen) atoms. The van der Waals surface area contributed by atoms with Crippen molar-refractivity contribution >= 4 is 11.7 Å². The molecule has 0 unspecified atom stereocenters. The van der Waals surface area contributed by atoms with Gasteiger partial charge >= 0.3 is 0 Å². The van der Waals surface area contributed by atoms with Crippen LogP contribution in [-0.2, 0) is 6.42 Å². The Hall–Kier alpha value is -2.44. The minimum absolute atomic E-state index is 0.0175. The van der Waals surface area contributed by atoms with Crippen molar-refractivity contribution in [1.29, 1.82) is 0 Å². The molecule has 128 valence electrons. The van der Waals surface area contributed by atoms with Crippen molar-refractivity contribution in [2.75, 3.05) is 25.5 Å². The van der Waals surface area contributed by atoms with E-state index in [4.69, 9.17) is 4.52 Å². The largest absolute Gasteiger partial charge is 0.372 e.